The van der Waals surface area contributed by atoms with Crippen LogP contribution in [0.1, 0.15) is 19.4 Å². The highest BCUT2D eigenvalue weighted by Gasteiger charge is 2.21. The van der Waals surface area contributed by atoms with Crippen LogP contribution in [0.5, 0.6) is 0 Å². The van der Waals surface area contributed by atoms with E-state index in [2.05, 4.69) is 26.3 Å². The summed E-state index contributed by atoms with van der Waals surface area (Å²) in [5.41, 5.74) is 4.17. The zero-order chi connectivity index (χ0) is 16.6. The summed E-state index contributed by atoms with van der Waals surface area (Å²) in [5, 5.41) is 11.0. The Morgan fingerprint density at radius 1 is 1.30 bits per heavy atom. The van der Waals surface area contributed by atoms with E-state index in [-0.39, 0.29) is 6.42 Å². The first-order valence-electron chi connectivity index (χ1n) is 6.83. The predicted molar refractivity (Wildman–Crippen MR) is 86.8 cm³/mol. The zero-order valence-corrected chi connectivity index (χ0v) is 14.0. The molecule has 0 aliphatic carbocycles. The van der Waals surface area contributed by atoms with Gasteiger partial charge in [0.15, 0.2) is 11.5 Å². The van der Waals surface area contributed by atoms with Crippen molar-refractivity contribution >= 4 is 38.6 Å². The highest BCUT2D eigenvalue weighted by atomic mass is 79.9. The Labute approximate surface area is 140 Å². The molecule has 2 aromatic rings. The first-order valence-corrected chi connectivity index (χ1v) is 7.63. The summed E-state index contributed by atoms with van der Waals surface area (Å²) in [6.45, 7) is 3.55. The largest absolute Gasteiger partial charge is 0.481 e. The Morgan fingerprint density at radius 2 is 2.00 bits per heavy atom. The van der Waals surface area contributed by atoms with Crippen LogP contribution in [0.3, 0.4) is 0 Å². The van der Waals surface area contributed by atoms with Gasteiger partial charge in [0.1, 0.15) is 11.2 Å². The van der Waals surface area contributed by atoms with Crippen LogP contribution < -0.4 is 5.43 Å². The molecular formula is C15H14BrN3O4. The summed E-state index contributed by atoms with van der Waals surface area (Å²) >= 11 is 3.39. The maximum atomic E-state index is 11.1. The molecule has 120 valence electrons. The van der Waals surface area contributed by atoms with E-state index in [4.69, 9.17) is 14.8 Å². The maximum absolute atomic E-state index is 11.1. The average molecular weight is 380 g/mol. The number of hydrazine groups is 1. The van der Waals surface area contributed by atoms with Crippen molar-refractivity contribution < 1.29 is 19.6 Å². The third-order valence-electron chi connectivity index (χ3n) is 3.34. The van der Waals surface area contributed by atoms with Gasteiger partial charge in [-0.2, -0.15) is 0 Å². The van der Waals surface area contributed by atoms with E-state index in [0.717, 1.165) is 15.2 Å². The predicted octanol–water partition coefficient (Wildman–Crippen LogP) is 3.38. The molecule has 0 atom stereocenters. The SMILES string of the molecule is CC1=C(C)ON(Nc2cc(CC(=O)O)c3ccc(Br)cc3n2)O1. The lowest BCUT2D eigenvalue weighted by molar-refractivity contribution is -0.276. The van der Waals surface area contributed by atoms with Gasteiger partial charge >= 0.3 is 5.97 Å². The number of anilines is 1. The molecule has 3 rings (SSSR count). The number of carboxylic acid groups (broad SMARTS) is 1. The second-order valence-electron chi connectivity index (χ2n) is 5.06. The van der Waals surface area contributed by atoms with E-state index < -0.39 is 5.97 Å². The lowest BCUT2D eigenvalue weighted by Crippen LogP contribution is -2.25. The normalized spacial score (nSPS) is 14.7. The summed E-state index contributed by atoms with van der Waals surface area (Å²) in [6.07, 6.45) is -0.104. The number of halogens is 1. The Morgan fingerprint density at radius 3 is 2.65 bits per heavy atom. The van der Waals surface area contributed by atoms with Crippen LogP contribution in [-0.4, -0.2) is 21.4 Å². The number of rotatable bonds is 4. The minimum Gasteiger partial charge on any atom is -0.481 e. The topological polar surface area (TPSA) is 83.9 Å². The third kappa shape index (κ3) is 3.38. The number of pyridine rings is 1. The summed E-state index contributed by atoms with van der Waals surface area (Å²) in [6, 6.07) is 7.19. The number of nitrogens with one attached hydrogen (secondary N) is 1. The van der Waals surface area contributed by atoms with Gasteiger partial charge in [0.05, 0.1) is 11.9 Å². The number of carbonyl (C=O) groups is 1. The fourth-order valence-corrected chi connectivity index (χ4v) is 2.52. The van der Waals surface area contributed by atoms with Crippen molar-refractivity contribution in [1.82, 2.24) is 10.3 Å². The van der Waals surface area contributed by atoms with Gasteiger partial charge in [-0.15, -0.1) is 0 Å². The first kappa shape index (κ1) is 15.6. The molecule has 1 aromatic carbocycles. The smallest absolute Gasteiger partial charge is 0.307 e. The number of nitrogens with zero attached hydrogens (tertiary/aromatic N) is 2. The Kier molecular flexibility index (Phi) is 4.10. The molecule has 0 bridgehead atoms. The second-order valence-corrected chi connectivity index (χ2v) is 5.98. The number of fused-ring (bicyclic) bond motifs is 1. The molecule has 8 heteroatoms. The van der Waals surface area contributed by atoms with Crippen molar-refractivity contribution in [3.05, 3.63) is 45.8 Å². The minimum absolute atomic E-state index is 0.104. The fourth-order valence-electron chi connectivity index (χ4n) is 2.18. The second kappa shape index (κ2) is 6.05. The monoisotopic (exact) mass is 379 g/mol. The Balaban J connectivity index is 1.95. The van der Waals surface area contributed by atoms with Crippen LogP contribution in [0, 0.1) is 0 Å². The average Bonchev–Trinajstić information content (AvgIpc) is 2.76. The maximum Gasteiger partial charge on any atom is 0.307 e. The van der Waals surface area contributed by atoms with E-state index in [9.17, 15) is 4.79 Å². The molecule has 0 amide bonds. The van der Waals surface area contributed by atoms with Crippen molar-refractivity contribution in [2.45, 2.75) is 20.3 Å². The van der Waals surface area contributed by atoms with Crippen molar-refractivity contribution in [2.75, 3.05) is 5.43 Å². The minimum atomic E-state index is -0.909. The molecule has 0 spiro atoms. The molecule has 2 N–H and O–H groups in total. The van der Waals surface area contributed by atoms with Gasteiger partial charge in [-0.3, -0.25) is 4.79 Å². The Hall–Kier alpha value is -2.32. The first-order chi connectivity index (χ1) is 10.9. The number of hydrogen-bond acceptors (Lipinski definition) is 6. The van der Waals surface area contributed by atoms with Gasteiger partial charge < -0.3 is 14.8 Å². The van der Waals surface area contributed by atoms with Crippen LogP contribution >= 0.6 is 15.9 Å². The van der Waals surface area contributed by atoms with Crippen molar-refractivity contribution in [1.29, 1.82) is 0 Å². The van der Waals surface area contributed by atoms with Gasteiger partial charge in [-0.25, -0.2) is 10.4 Å². The molecule has 7 nitrogen and oxygen atoms in total. The molecule has 1 aliphatic rings. The van der Waals surface area contributed by atoms with E-state index in [1.165, 1.54) is 0 Å². The van der Waals surface area contributed by atoms with E-state index in [0.29, 0.717) is 28.4 Å². The van der Waals surface area contributed by atoms with Crippen LogP contribution in [0.25, 0.3) is 10.9 Å². The number of allylic oxidation sites excluding steroid dienone is 2. The summed E-state index contributed by atoms with van der Waals surface area (Å²) in [7, 11) is 0. The van der Waals surface area contributed by atoms with Gasteiger partial charge in [0, 0.05) is 9.86 Å². The van der Waals surface area contributed by atoms with Gasteiger partial charge in [-0.1, -0.05) is 22.0 Å². The lowest BCUT2D eigenvalue weighted by atomic mass is 10.1. The molecular weight excluding hydrogens is 366 g/mol. The highest BCUT2D eigenvalue weighted by Crippen LogP contribution is 2.26. The summed E-state index contributed by atoms with van der Waals surface area (Å²) < 4.78 is 0.859. The molecule has 0 fully saturated rings. The number of aromatic nitrogens is 1. The molecule has 0 unspecified atom stereocenters. The molecule has 23 heavy (non-hydrogen) atoms. The van der Waals surface area contributed by atoms with Crippen LogP contribution in [0.2, 0.25) is 0 Å². The molecule has 0 saturated heterocycles. The summed E-state index contributed by atoms with van der Waals surface area (Å²) in [5.74, 6) is 0.779. The van der Waals surface area contributed by atoms with Crippen molar-refractivity contribution in [3.63, 3.8) is 0 Å². The molecule has 1 aromatic heterocycles. The van der Waals surface area contributed by atoms with Gasteiger partial charge in [-0.05, 0) is 37.6 Å². The molecule has 0 radical (unpaired) electrons. The number of benzene rings is 1. The standard InChI is InChI=1S/C15H14BrN3O4/c1-8-9(2)23-19(22-8)18-14-5-10(6-15(20)21)12-4-3-11(16)7-13(12)17-14/h3-5,7H,6H2,1-2H3,(H,17,18)(H,20,21). The van der Waals surface area contributed by atoms with Crippen molar-refractivity contribution in [3.8, 4) is 0 Å². The van der Waals surface area contributed by atoms with Gasteiger partial charge in [0.25, 0.3) is 0 Å². The van der Waals surface area contributed by atoms with Gasteiger partial charge in [0.2, 0.25) is 0 Å². The Bertz CT molecular complexity index is 808. The van der Waals surface area contributed by atoms with Crippen LogP contribution in [-0.2, 0) is 20.9 Å². The fraction of sp³-hybridized carbons (Fsp3) is 0.200. The zero-order valence-electron chi connectivity index (χ0n) is 12.5. The van der Waals surface area contributed by atoms with Crippen molar-refractivity contribution in [2.24, 2.45) is 0 Å². The number of aliphatic carboxylic acids is 1. The molecule has 0 saturated carbocycles. The summed E-state index contributed by atoms with van der Waals surface area (Å²) in [4.78, 5) is 26.3. The van der Waals surface area contributed by atoms with E-state index >= 15 is 0 Å². The van der Waals surface area contributed by atoms with E-state index in [1.807, 2.05) is 18.2 Å². The molecule has 1 aliphatic heterocycles. The van der Waals surface area contributed by atoms with E-state index in [1.54, 1.807) is 19.9 Å². The third-order valence-corrected chi connectivity index (χ3v) is 3.83. The van der Waals surface area contributed by atoms with Crippen LogP contribution in [0.4, 0.5) is 5.82 Å². The number of hydrogen-bond donors (Lipinski definition) is 2. The highest BCUT2D eigenvalue weighted by molar-refractivity contribution is 9.10. The number of carboxylic acids is 1. The quantitative estimate of drug-likeness (QED) is 0.841. The van der Waals surface area contributed by atoms with Crippen LogP contribution in [0.15, 0.2) is 40.3 Å². The lowest BCUT2D eigenvalue weighted by Gasteiger charge is -2.16. The molecule has 2 heterocycles.